The third-order valence-electron chi connectivity index (χ3n) is 3.03. The minimum absolute atomic E-state index is 0.136. The van der Waals surface area contributed by atoms with Gasteiger partial charge in [-0.25, -0.2) is 9.37 Å². The zero-order valence-electron chi connectivity index (χ0n) is 12.3. The van der Waals surface area contributed by atoms with Crippen LogP contribution in [-0.4, -0.2) is 16.0 Å². The van der Waals surface area contributed by atoms with Gasteiger partial charge in [-0.15, -0.1) is 0 Å². The number of thiazole rings is 1. The SMILES string of the molecule is O=C(/C=C/c1ccccc1)NC(=S)Nc1nc2ccc(F)cc2s1. The predicted octanol–water partition coefficient (Wildman–Crippen LogP) is 3.96. The van der Waals surface area contributed by atoms with E-state index in [-0.39, 0.29) is 16.8 Å². The quantitative estimate of drug-likeness (QED) is 0.550. The number of benzene rings is 2. The van der Waals surface area contributed by atoms with Gasteiger partial charge in [0, 0.05) is 6.08 Å². The lowest BCUT2D eigenvalue weighted by molar-refractivity contribution is -0.115. The predicted molar refractivity (Wildman–Crippen MR) is 99.4 cm³/mol. The maximum absolute atomic E-state index is 13.2. The number of fused-ring (bicyclic) bond motifs is 1. The molecule has 7 heteroatoms. The normalized spacial score (nSPS) is 10.9. The van der Waals surface area contributed by atoms with Gasteiger partial charge in [-0.05, 0) is 42.1 Å². The smallest absolute Gasteiger partial charge is 0.250 e. The van der Waals surface area contributed by atoms with Crippen molar-refractivity contribution in [3.8, 4) is 0 Å². The lowest BCUT2D eigenvalue weighted by Gasteiger charge is -2.04. The first-order chi connectivity index (χ1) is 11.6. The number of anilines is 1. The molecule has 2 N–H and O–H groups in total. The van der Waals surface area contributed by atoms with Gasteiger partial charge in [0.05, 0.1) is 10.2 Å². The van der Waals surface area contributed by atoms with Crippen molar-refractivity contribution in [2.24, 2.45) is 0 Å². The second kappa shape index (κ2) is 7.29. The Hall–Kier alpha value is -2.64. The average molecular weight is 357 g/mol. The van der Waals surface area contributed by atoms with Gasteiger partial charge in [0.1, 0.15) is 5.82 Å². The van der Waals surface area contributed by atoms with Crippen LogP contribution in [0.4, 0.5) is 9.52 Å². The average Bonchev–Trinajstić information content (AvgIpc) is 2.95. The number of rotatable bonds is 3. The van der Waals surface area contributed by atoms with Gasteiger partial charge in [0.25, 0.3) is 0 Å². The molecule has 0 aliphatic carbocycles. The summed E-state index contributed by atoms with van der Waals surface area (Å²) in [5, 5.41) is 6.00. The molecular weight excluding hydrogens is 345 g/mol. The summed E-state index contributed by atoms with van der Waals surface area (Å²) in [4.78, 5) is 16.1. The monoisotopic (exact) mass is 357 g/mol. The van der Waals surface area contributed by atoms with Crippen LogP contribution < -0.4 is 10.6 Å². The van der Waals surface area contributed by atoms with Gasteiger partial charge >= 0.3 is 0 Å². The molecule has 1 heterocycles. The number of carbonyl (C=O) groups excluding carboxylic acids is 1. The topological polar surface area (TPSA) is 54.0 Å². The highest BCUT2D eigenvalue weighted by atomic mass is 32.1. The van der Waals surface area contributed by atoms with E-state index >= 15 is 0 Å². The van der Waals surface area contributed by atoms with Crippen LogP contribution in [0.1, 0.15) is 5.56 Å². The van der Waals surface area contributed by atoms with Crippen molar-refractivity contribution in [1.29, 1.82) is 0 Å². The Kier molecular flexibility index (Phi) is 4.93. The van der Waals surface area contributed by atoms with E-state index < -0.39 is 0 Å². The zero-order valence-corrected chi connectivity index (χ0v) is 14.0. The van der Waals surface area contributed by atoms with Crippen LogP contribution in [0.25, 0.3) is 16.3 Å². The third kappa shape index (κ3) is 4.21. The van der Waals surface area contributed by atoms with Crippen molar-refractivity contribution in [3.05, 3.63) is 66.0 Å². The Morgan fingerprint density at radius 3 is 2.79 bits per heavy atom. The minimum Gasteiger partial charge on any atom is -0.308 e. The Morgan fingerprint density at radius 2 is 2.00 bits per heavy atom. The number of carbonyl (C=O) groups is 1. The van der Waals surface area contributed by atoms with E-state index in [1.54, 1.807) is 12.1 Å². The number of nitrogens with one attached hydrogen (secondary N) is 2. The zero-order chi connectivity index (χ0) is 16.9. The largest absolute Gasteiger partial charge is 0.308 e. The second-order valence-corrected chi connectivity index (χ2v) is 6.26. The first kappa shape index (κ1) is 16.2. The molecule has 1 amide bonds. The number of hydrogen-bond donors (Lipinski definition) is 2. The molecule has 3 aromatic rings. The number of halogens is 1. The summed E-state index contributed by atoms with van der Waals surface area (Å²) in [6, 6.07) is 13.8. The fraction of sp³-hybridized carbons (Fsp3) is 0. The van der Waals surface area contributed by atoms with Crippen molar-refractivity contribution < 1.29 is 9.18 Å². The summed E-state index contributed by atoms with van der Waals surface area (Å²) in [6.45, 7) is 0. The van der Waals surface area contributed by atoms with Crippen LogP contribution in [0.3, 0.4) is 0 Å². The lowest BCUT2D eigenvalue weighted by Crippen LogP contribution is -2.32. The van der Waals surface area contributed by atoms with Gasteiger partial charge in [-0.3, -0.25) is 10.1 Å². The highest BCUT2D eigenvalue weighted by molar-refractivity contribution is 7.80. The molecule has 0 atom stereocenters. The molecule has 4 nitrogen and oxygen atoms in total. The number of nitrogens with zero attached hydrogens (tertiary/aromatic N) is 1. The highest BCUT2D eigenvalue weighted by Crippen LogP contribution is 2.26. The molecule has 0 saturated heterocycles. The standard InChI is InChI=1S/C17H12FN3OS2/c18-12-7-8-13-14(10-12)24-17(19-13)21-16(23)20-15(22)9-6-11-4-2-1-3-5-11/h1-10H,(H2,19,20,21,22,23)/b9-6+. The Labute approximate surface area is 147 Å². The van der Waals surface area contributed by atoms with Gasteiger partial charge in [-0.1, -0.05) is 41.7 Å². The Balaban J connectivity index is 1.60. The second-order valence-electron chi connectivity index (χ2n) is 4.82. The fourth-order valence-corrected chi connectivity index (χ4v) is 3.13. The van der Waals surface area contributed by atoms with Crippen molar-refractivity contribution in [1.82, 2.24) is 10.3 Å². The summed E-state index contributed by atoms with van der Waals surface area (Å²) in [5.74, 6) is -0.664. The molecule has 0 spiro atoms. The Bertz CT molecular complexity index is 922. The molecule has 3 rings (SSSR count). The van der Waals surface area contributed by atoms with Crippen LogP contribution in [0.15, 0.2) is 54.6 Å². The van der Waals surface area contributed by atoms with E-state index in [4.69, 9.17) is 12.2 Å². The van der Waals surface area contributed by atoms with Crippen LogP contribution in [0.5, 0.6) is 0 Å². The van der Waals surface area contributed by atoms with Crippen LogP contribution >= 0.6 is 23.6 Å². The highest BCUT2D eigenvalue weighted by Gasteiger charge is 2.07. The molecule has 0 fully saturated rings. The molecule has 0 aliphatic heterocycles. The van der Waals surface area contributed by atoms with Gasteiger partial charge < -0.3 is 5.32 Å². The molecule has 0 aliphatic rings. The van der Waals surface area contributed by atoms with E-state index in [9.17, 15) is 9.18 Å². The number of amides is 1. The van der Waals surface area contributed by atoms with Gasteiger partial charge in [0.15, 0.2) is 10.2 Å². The summed E-state index contributed by atoms with van der Waals surface area (Å²) < 4.78 is 13.9. The van der Waals surface area contributed by atoms with Gasteiger partial charge in [0.2, 0.25) is 5.91 Å². The van der Waals surface area contributed by atoms with E-state index in [1.807, 2.05) is 30.3 Å². The summed E-state index contributed by atoms with van der Waals surface area (Å²) in [7, 11) is 0. The Morgan fingerprint density at radius 1 is 1.21 bits per heavy atom. The molecule has 0 saturated carbocycles. The maximum Gasteiger partial charge on any atom is 0.250 e. The number of hydrogen-bond acceptors (Lipinski definition) is 4. The first-order valence-electron chi connectivity index (χ1n) is 7.01. The van der Waals surface area contributed by atoms with Crippen LogP contribution in [-0.2, 0) is 4.79 Å². The molecule has 24 heavy (non-hydrogen) atoms. The molecule has 0 radical (unpaired) electrons. The minimum atomic E-state index is -0.344. The van der Waals surface area contributed by atoms with Crippen molar-refractivity contribution in [2.45, 2.75) is 0 Å². The number of aromatic nitrogens is 1. The van der Waals surface area contributed by atoms with Crippen molar-refractivity contribution >= 4 is 56.0 Å². The molecule has 120 valence electrons. The van der Waals surface area contributed by atoms with Crippen LogP contribution in [0.2, 0.25) is 0 Å². The molecule has 1 aromatic heterocycles. The molecule has 0 bridgehead atoms. The third-order valence-corrected chi connectivity index (χ3v) is 4.17. The van der Waals surface area contributed by atoms with E-state index in [2.05, 4.69) is 15.6 Å². The fourth-order valence-electron chi connectivity index (χ4n) is 1.97. The summed E-state index contributed by atoms with van der Waals surface area (Å²) in [5.41, 5.74) is 1.58. The van der Waals surface area contributed by atoms with Crippen molar-refractivity contribution in [3.63, 3.8) is 0 Å². The number of thiocarbonyl (C=S) groups is 1. The molecule has 0 unspecified atom stereocenters. The molecule has 2 aromatic carbocycles. The van der Waals surface area contributed by atoms with E-state index in [1.165, 1.54) is 29.5 Å². The lowest BCUT2D eigenvalue weighted by atomic mass is 10.2. The summed E-state index contributed by atoms with van der Waals surface area (Å²) in [6.07, 6.45) is 3.09. The van der Waals surface area contributed by atoms with Gasteiger partial charge in [-0.2, -0.15) is 0 Å². The summed E-state index contributed by atoms with van der Waals surface area (Å²) >= 11 is 6.35. The van der Waals surface area contributed by atoms with Crippen molar-refractivity contribution in [2.75, 3.05) is 5.32 Å². The maximum atomic E-state index is 13.2. The first-order valence-corrected chi connectivity index (χ1v) is 8.24. The van der Waals surface area contributed by atoms with Crippen LogP contribution in [0, 0.1) is 5.82 Å². The van der Waals surface area contributed by atoms with E-state index in [0.717, 1.165) is 5.56 Å². The van der Waals surface area contributed by atoms with E-state index in [0.29, 0.717) is 15.3 Å². The molecular formula is C17H12FN3OS2.